The molecule has 0 fully saturated rings. The lowest BCUT2D eigenvalue weighted by atomic mass is 10.0. The van der Waals surface area contributed by atoms with E-state index in [1.54, 1.807) is 6.08 Å². The molecule has 0 aliphatic rings. The molecule has 0 saturated carbocycles. The Morgan fingerprint density at radius 3 is 2.29 bits per heavy atom. The molecule has 0 aromatic heterocycles. The summed E-state index contributed by atoms with van der Waals surface area (Å²) >= 11 is 5.18. The summed E-state index contributed by atoms with van der Waals surface area (Å²) in [7, 11) is 0. The van der Waals surface area contributed by atoms with E-state index in [0.717, 1.165) is 5.56 Å². The van der Waals surface area contributed by atoms with E-state index in [4.69, 9.17) is 11.6 Å². The van der Waals surface area contributed by atoms with Crippen LogP contribution in [0.25, 0.3) is 6.08 Å². The second kappa shape index (κ2) is 4.97. The number of carbonyl (C=O) groups is 1. The Bertz CT molecular complexity index is 336. The maximum Gasteiger partial charge on any atom is 0.245 e. The van der Waals surface area contributed by atoms with Gasteiger partial charge in [0, 0.05) is 0 Å². The van der Waals surface area contributed by atoms with Crippen molar-refractivity contribution >= 4 is 22.9 Å². The van der Waals surface area contributed by atoms with Crippen molar-refractivity contribution in [3.05, 3.63) is 41.5 Å². The second-order valence-corrected chi connectivity index (χ2v) is 3.83. The minimum absolute atomic E-state index is 0.446. The fraction of sp³-hybridized carbons (Fsp3) is 0.250. The summed E-state index contributed by atoms with van der Waals surface area (Å²) in [5, 5.41) is -0.446. The molecule has 1 aromatic rings. The van der Waals surface area contributed by atoms with Gasteiger partial charge in [-0.15, -0.1) is 0 Å². The summed E-state index contributed by atoms with van der Waals surface area (Å²) in [5.74, 6) is 0.530. The average Bonchev–Trinajstić information content (AvgIpc) is 2.15. The average molecular weight is 209 g/mol. The third-order valence-corrected chi connectivity index (χ3v) is 2.14. The Balaban J connectivity index is 2.78. The third-order valence-electron chi connectivity index (χ3n) is 2.01. The molecule has 0 spiro atoms. The monoisotopic (exact) mass is 208 g/mol. The number of halogens is 1. The first kappa shape index (κ1) is 11.0. The van der Waals surface area contributed by atoms with Gasteiger partial charge in [-0.2, -0.15) is 0 Å². The van der Waals surface area contributed by atoms with E-state index < -0.39 is 5.24 Å². The summed E-state index contributed by atoms with van der Waals surface area (Å²) in [6.45, 7) is 4.29. The molecule has 0 saturated heterocycles. The molecular formula is C12H13ClO. The molecule has 0 unspecified atom stereocenters. The van der Waals surface area contributed by atoms with Crippen molar-refractivity contribution in [3.8, 4) is 0 Å². The fourth-order valence-electron chi connectivity index (χ4n) is 1.15. The van der Waals surface area contributed by atoms with Crippen molar-refractivity contribution in [3.63, 3.8) is 0 Å². The zero-order valence-corrected chi connectivity index (χ0v) is 9.08. The highest BCUT2D eigenvalue weighted by Crippen LogP contribution is 2.15. The maximum absolute atomic E-state index is 10.5. The van der Waals surface area contributed by atoms with Gasteiger partial charge in [0.2, 0.25) is 5.24 Å². The smallest absolute Gasteiger partial charge is 0.245 e. The van der Waals surface area contributed by atoms with E-state index in [2.05, 4.69) is 26.0 Å². The van der Waals surface area contributed by atoms with Gasteiger partial charge in [-0.25, -0.2) is 0 Å². The first-order valence-corrected chi connectivity index (χ1v) is 4.95. The second-order valence-electron chi connectivity index (χ2n) is 3.46. The van der Waals surface area contributed by atoms with Crippen LogP contribution in [0, 0.1) is 0 Å². The molecule has 1 aromatic carbocycles. The summed E-state index contributed by atoms with van der Waals surface area (Å²) in [4.78, 5) is 10.5. The maximum atomic E-state index is 10.5. The normalized spacial score (nSPS) is 11.1. The lowest BCUT2D eigenvalue weighted by molar-refractivity contribution is -0.107. The van der Waals surface area contributed by atoms with Gasteiger partial charge in [0.15, 0.2) is 0 Å². The highest BCUT2D eigenvalue weighted by molar-refractivity contribution is 6.66. The quantitative estimate of drug-likeness (QED) is 0.548. The molecule has 1 nitrogen and oxygen atoms in total. The number of allylic oxidation sites excluding steroid dienone is 1. The van der Waals surface area contributed by atoms with E-state index in [1.807, 2.05) is 12.1 Å². The third kappa shape index (κ3) is 3.35. The zero-order valence-electron chi connectivity index (χ0n) is 8.33. The topological polar surface area (TPSA) is 17.1 Å². The van der Waals surface area contributed by atoms with Crippen molar-refractivity contribution in [2.75, 3.05) is 0 Å². The van der Waals surface area contributed by atoms with Crippen LogP contribution in [0.2, 0.25) is 0 Å². The first-order chi connectivity index (χ1) is 6.59. The summed E-state index contributed by atoms with van der Waals surface area (Å²) in [5.41, 5.74) is 2.28. The number of hydrogen-bond acceptors (Lipinski definition) is 1. The van der Waals surface area contributed by atoms with E-state index in [1.165, 1.54) is 11.6 Å². The molecule has 0 heterocycles. The van der Waals surface area contributed by atoms with Gasteiger partial charge >= 0.3 is 0 Å². The van der Waals surface area contributed by atoms with Crippen LogP contribution in [-0.2, 0) is 4.79 Å². The van der Waals surface area contributed by atoms with Crippen LogP contribution in [0.5, 0.6) is 0 Å². The molecular weight excluding hydrogens is 196 g/mol. The van der Waals surface area contributed by atoms with Gasteiger partial charge < -0.3 is 0 Å². The molecule has 74 valence electrons. The molecule has 0 aliphatic heterocycles. The molecule has 0 atom stereocenters. The van der Waals surface area contributed by atoms with Crippen LogP contribution in [0.1, 0.15) is 30.9 Å². The van der Waals surface area contributed by atoms with Crippen LogP contribution >= 0.6 is 11.6 Å². The largest absolute Gasteiger partial charge is 0.276 e. The zero-order chi connectivity index (χ0) is 10.6. The van der Waals surface area contributed by atoms with Crippen molar-refractivity contribution in [1.29, 1.82) is 0 Å². The van der Waals surface area contributed by atoms with Crippen molar-refractivity contribution < 1.29 is 4.79 Å². The highest BCUT2D eigenvalue weighted by atomic mass is 35.5. The van der Waals surface area contributed by atoms with Crippen LogP contribution < -0.4 is 0 Å². The summed E-state index contributed by atoms with van der Waals surface area (Å²) < 4.78 is 0. The van der Waals surface area contributed by atoms with Gasteiger partial charge in [0.1, 0.15) is 0 Å². The first-order valence-electron chi connectivity index (χ1n) is 4.57. The van der Waals surface area contributed by atoms with Gasteiger partial charge in [-0.3, -0.25) is 4.79 Å². The van der Waals surface area contributed by atoms with Gasteiger partial charge in [0.25, 0.3) is 0 Å². The van der Waals surface area contributed by atoms with Crippen LogP contribution in [-0.4, -0.2) is 5.24 Å². The molecule has 0 bridgehead atoms. The fourth-order valence-corrected chi connectivity index (χ4v) is 1.22. The van der Waals surface area contributed by atoms with E-state index in [0.29, 0.717) is 5.92 Å². The van der Waals surface area contributed by atoms with Gasteiger partial charge in [-0.1, -0.05) is 44.2 Å². The van der Waals surface area contributed by atoms with Gasteiger partial charge in [-0.05, 0) is 34.7 Å². The molecule has 2 heteroatoms. The van der Waals surface area contributed by atoms with Crippen molar-refractivity contribution in [1.82, 2.24) is 0 Å². The van der Waals surface area contributed by atoms with E-state index in [-0.39, 0.29) is 0 Å². The van der Waals surface area contributed by atoms with Crippen molar-refractivity contribution in [2.24, 2.45) is 0 Å². The number of benzene rings is 1. The SMILES string of the molecule is CC(C)c1ccc(C=CC(=O)Cl)cc1. The molecule has 14 heavy (non-hydrogen) atoms. The van der Waals surface area contributed by atoms with Crippen LogP contribution in [0.3, 0.4) is 0 Å². The number of rotatable bonds is 3. The highest BCUT2D eigenvalue weighted by Gasteiger charge is 1.97. The Morgan fingerprint density at radius 1 is 1.29 bits per heavy atom. The lowest BCUT2D eigenvalue weighted by Crippen LogP contribution is -1.86. The standard InChI is InChI=1S/C12H13ClO/c1-9(2)11-6-3-10(4-7-11)5-8-12(13)14/h3-9H,1-2H3. The molecule has 0 radical (unpaired) electrons. The Kier molecular flexibility index (Phi) is 3.90. The summed E-state index contributed by atoms with van der Waals surface area (Å²) in [6.07, 6.45) is 3.06. The van der Waals surface area contributed by atoms with E-state index in [9.17, 15) is 4.79 Å². The molecule has 0 amide bonds. The van der Waals surface area contributed by atoms with Crippen LogP contribution in [0.4, 0.5) is 0 Å². The minimum Gasteiger partial charge on any atom is -0.276 e. The predicted molar refractivity (Wildman–Crippen MR) is 60.4 cm³/mol. The minimum atomic E-state index is -0.446. The Morgan fingerprint density at radius 2 is 1.86 bits per heavy atom. The predicted octanol–water partition coefficient (Wildman–Crippen LogP) is 3.59. The van der Waals surface area contributed by atoms with Gasteiger partial charge in [0.05, 0.1) is 0 Å². The van der Waals surface area contributed by atoms with Crippen LogP contribution in [0.15, 0.2) is 30.3 Å². The summed E-state index contributed by atoms with van der Waals surface area (Å²) in [6, 6.07) is 8.07. The molecule has 0 N–H and O–H groups in total. The van der Waals surface area contributed by atoms with Crippen molar-refractivity contribution in [2.45, 2.75) is 19.8 Å². The number of carbonyl (C=O) groups excluding carboxylic acids is 1. The Hall–Kier alpha value is -1.08. The lowest BCUT2D eigenvalue weighted by Gasteiger charge is -2.04. The molecule has 1 rings (SSSR count). The Labute approximate surface area is 89.4 Å². The van der Waals surface area contributed by atoms with E-state index >= 15 is 0 Å². The number of hydrogen-bond donors (Lipinski definition) is 0. The molecule has 0 aliphatic carbocycles.